The maximum atomic E-state index is 11.9. The van der Waals surface area contributed by atoms with Gasteiger partial charge in [-0.15, -0.1) is 11.3 Å². The van der Waals surface area contributed by atoms with Crippen LogP contribution in [0.1, 0.15) is 23.3 Å². The summed E-state index contributed by atoms with van der Waals surface area (Å²) in [5.74, 6) is 6.02. The van der Waals surface area contributed by atoms with E-state index in [0.717, 1.165) is 23.3 Å². The van der Waals surface area contributed by atoms with Crippen LogP contribution in [0.25, 0.3) is 0 Å². The average molecular weight is 284 g/mol. The highest BCUT2D eigenvalue weighted by molar-refractivity contribution is 7.89. The minimum absolute atomic E-state index is 0.276. The maximum absolute atomic E-state index is 11.9. The molecule has 0 aromatic carbocycles. The van der Waals surface area contributed by atoms with E-state index in [2.05, 4.69) is 11.8 Å². The van der Waals surface area contributed by atoms with Crippen LogP contribution >= 0.6 is 11.3 Å². The van der Waals surface area contributed by atoms with Gasteiger partial charge in [0.25, 0.3) is 0 Å². The second-order valence-corrected chi connectivity index (χ2v) is 7.25. The lowest BCUT2D eigenvalue weighted by molar-refractivity contribution is 0.381. The Morgan fingerprint density at radius 3 is 3.00 bits per heavy atom. The van der Waals surface area contributed by atoms with E-state index in [1.165, 1.54) is 0 Å². The molecular weight excluding hydrogens is 268 g/mol. The molecule has 1 aliphatic rings. The summed E-state index contributed by atoms with van der Waals surface area (Å²) in [6.07, 6.45) is 1.72. The van der Waals surface area contributed by atoms with Gasteiger partial charge in [-0.05, 0) is 18.9 Å². The summed E-state index contributed by atoms with van der Waals surface area (Å²) < 4.78 is 25.3. The topological polar surface area (TPSA) is 63.4 Å². The maximum Gasteiger partial charge on any atom is 0.214 e. The summed E-state index contributed by atoms with van der Waals surface area (Å²) in [6, 6.07) is 1.94. The number of thiophene rings is 1. The third-order valence-electron chi connectivity index (χ3n) is 2.77. The molecule has 0 amide bonds. The fourth-order valence-corrected chi connectivity index (χ4v) is 4.36. The normalized spacial score (nSPS) is 19.2. The lowest BCUT2D eigenvalue weighted by Crippen LogP contribution is -2.36. The zero-order chi connectivity index (χ0) is 13.0. The smallest absolute Gasteiger partial charge is 0.214 e. The molecule has 18 heavy (non-hydrogen) atoms. The third kappa shape index (κ3) is 3.33. The van der Waals surface area contributed by atoms with Crippen molar-refractivity contribution >= 4 is 21.4 Å². The number of hydrogen-bond acceptors (Lipinski definition) is 4. The molecule has 2 rings (SSSR count). The summed E-state index contributed by atoms with van der Waals surface area (Å²) in [5.41, 5.74) is 6.22. The Kier molecular flexibility index (Phi) is 4.40. The first kappa shape index (κ1) is 13.6. The third-order valence-corrected chi connectivity index (χ3v) is 5.60. The number of sulfonamides is 1. The van der Waals surface area contributed by atoms with Crippen LogP contribution in [-0.4, -0.2) is 31.6 Å². The van der Waals surface area contributed by atoms with Gasteiger partial charge in [-0.25, -0.2) is 8.42 Å². The Morgan fingerprint density at radius 1 is 1.44 bits per heavy atom. The van der Waals surface area contributed by atoms with Crippen molar-refractivity contribution in [1.29, 1.82) is 0 Å². The first-order valence-electron chi connectivity index (χ1n) is 5.86. The zero-order valence-corrected chi connectivity index (χ0v) is 11.7. The highest BCUT2D eigenvalue weighted by Crippen LogP contribution is 2.21. The molecule has 4 nitrogen and oxygen atoms in total. The van der Waals surface area contributed by atoms with Crippen LogP contribution < -0.4 is 5.73 Å². The molecule has 1 saturated heterocycles. The first-order chi connectivity index (χ1) is 8.62. The number of nitrogens with two attached hydrogens (primary N) is 1. The van der Waals surface area contributed by atoms with Crippen molar-refractivity contribution in [2.75, 3.05) is 18.8 Å². The second kappa shape index (κ2) is 5.85. The molecule has 0 saturated carbocycles. The van der Waals surface area contributed by atoms with E-state index in [4.69, 9.17) is 5.73 Å². The number of hydrogen-bond donors (Lipinski definition) is 1. The lowest BCUT2D eigenvalue weighted by atomic mass is 10.3. The molecule has 98 valence electrons. The second-order valence-electron chi connectivity index (χ2n) is 4.16. The van der Waals surface area contributed by atoms with E-state index < -0.39 is 10.0 Å². The van der Waals surface area contributed by atoms with Gasteiger partial charge in [0.05, 0.1) is 12.3 Å². The predicted molar refractivity (Wildman–Crippen MR) is 73.7 cm³/mol. The van der Waals surface area contributed by atoms with E-state index in [0.29, 0.717) is 19.6 Å². The Morgan fingerprint density at radius 2 is 2.28 bits per heavy atom. The first-order valence-corrected chi connectivity index (χ1v) is 8.35. The molecule has 0 bridgehead atoms. The molecule has 1 aromatic rings. The quantitative estimate of drug-likeness (QED) is 0.824. The van der Waals surface area contributed by atoms with Crippen LogP contribution in [0, 0.1) is 11.8 Å². The SMILES string of the molecule is NCC#Cc1csc(CN2CCCCS2(=O)=O)c1. The van der Waals surface area contributed by atoms with Crippen molar-refractivity contribution in [2.45, 2.75) is 19.4 Å². The summed E-state index contributed by atoms with van der Waals surface area (Å²) in [6.45, 7) is 1.44. The molecular formula is C12H16N2O2S2. The fraction of sp³-hybridized carbons (Fsp3) is 0.500. The van der Waals surface area contributed by atoms with E-state index in [-0.39, 0.29) is 5.75 Å². The Labute approximate surface area is 112 Å². The van der Waals surface area contributed by atoms with Gasteiger partial charge in [-0.1, -0.05) is 11.8 Å². The molecule has 6 heteroatoms. The predicted octanol–water partition coefficient (Wildman–Crippen LogP) is 0.984. The summed E-state index contributed by atoms with van der Waals surface area (Å²) in [7, 11) is -3.05. The van der Waals surface area contributed by atoms with Crippen molar-refractivity contribution < 1.29 is 8.42 Å². The average Bonchev–Trinajstić information content (AvgIpc) is 2.77. The molecule has 2 N–H and O–H groups in total. The molecule has 0 unspecified atom stereocenters. The Hall–Kier alpha value is -0.870. The minimum atomic E-state index is -3.05. The molecule has 1 aliphatic heterocycles. The minimum Gasteiger partial charge on any atom is -0.320 e. The van der Waals surface area contributed by atoms with E-state index in [1.807, 2.05) is 11.4 Å². The van der Waals surface area contributed by atoms with Crippen molar-refractivity contribution in [3.05, 3.63) is 21.9 Å². The molecule has 0 spiro atoms. The van der Waals surface area contributed by atoms with E-state index >= 15 is 0 Å². The van der Waals surface area contributed by atoms with E-state index in [9.17, 15) is 8.42 Å². The van der Waals surface area contributed by atoms with Gasteiger partial charge in [0.1, 0.15) is 0 Å². The summed E-state index contributed by atoms with van der Waals surface area (Å²) in [4.78, 5) is 1.03. The molecule has 2 heterocycles. The lowest BCUT2D eigenvalue weighted by Gasteiger charge is -2.25. The zero-order valence-electron chi connectivity index (χ0n) is 10.1. The van der Waals surface area contributed by atoms with Gasteiger partial charge < -0.3 is 5.73 Å². The number of nitrogens with zero attached hydrogens (tertiary/aromatic N) is 1. The highest BCUT2D eigenvalue weighted by Gasteiger charge is 2.25. The van der Waals surface area contributed by atoms with Crippen LogP contribution in [0.3, 0.4) is 0 Å². The molecule has 0 atom stereocenters. The molecule has 1 aromatic heterocycles. The number of rotatable bonds is 2. The molecule has 1 fully saturated rings. The van der Waals surface area contributed by atoms with E-state index in [1.54, 1.807) is 15.6 Å². The Bertz CT molecular complexity index is 566. The Balaban J connectivity index is 2.07. The van der Waals surface area contributed by atoms with Crippen molar-refractivity contribution in [1.82, 2.24) is 4.31 Å². The standard InChI is InChI=1S/C12H16N2O2S2/c13-5-3-4-11-8-12(17-10-11)9-14-6-1-2-7-18(14,15)16/h8,10H,1-2,5-7,9,13H2. The van der Waals surface area contributed by atoms with Crippen molar-refractivity contribution in [3.8, 4) is 11.8 Å². The molecule has 0 aliphatic carbocycles. The van der Waals surface area contributed by atoms with Crippen LogP contribution in [0.5, 0.6) is 0 Å². The monoisotopic (exact) mass is 284 g/mol. The van der Waals surface area contributed by atoms with Crippen LogP contribution in [0.2, 0.25) is 0 Å². The summed E-state index contributed by atoms with van der Waals surface area (Å²) >= 11 is 1.54. The van der Waals surface area contributed by atoms with Gasteiger partial charge in [0, 0.05) is 28.9 Å². The van der Waals surface area contributed by atoms with Crippen molar-refractivity contribution in [3.63, 3.8) is 0 Å². The highest BCUT2D eigenvalue weighted by atomic mass is 32.2. The van der Waals surface area contributed by atoms with Crippen molar-refractivity contribution in [2.24, 2.45) is 5.73 Å². The van der Waals surface area contributed by atoms with Gasteiger partial charge in [-0.2, -0.15) is 4.31 Å². The molecule has 0 radical (unpaired) electrons. The van der Waals surface area contributed by atoms with Gasteiger partial charge >= 0.3 is 0 Å². The van der Waals surface area contributed by atoms with Crippen LogP contribution in [-0.2, 0) is 16.6 Å². The summed E-state index contributed by atoms with van der Waals surface area (Å²) in [5, 5.41) is 1.94. The van der Waals surface area contributed by atoms with Gasteiger partial charge in [0.15, 0.2) is 0 Å². The largest absolute Gasteiger partial charge is 0.320 e. The van der Waals surface area contributed by atoms with Crippen LogP contribution in [0.4, 0.5) is 0 Å². The van der Waals surface area contributed by atoms with Gasteiger partial charge in [0.2, 0.25) is 10.0 Å². The van der Waals surface area contributed by atoms with Crippen LogP contribution in [0.15, 0.2) is 11.4 Å². The fourth-order valence-electron chi connectivity index (χ4n) is 1.87. The van der Waals surface area contributed by atoms with Gasteiger partial charge in [-0.3, -0.25) is 0 Å².